The van der Waals surface area contributed by atoms with E-state index in [9.17, 15) is 15.3 Å². The van der Waals surface area contributed by atoms with Gasteiger partial charge in [0.15, 0.2) is 0 Å². The molecule has 0 amide bonds. The Labute approximate surface area is 167 Å². The molecule has 148 valence electrons. The Morgan fingerprint density at radius 2 is 2.07 bits per heavy atom. The van der Waals surface area contributed by atoms with Gasteiger partial charge < -0.3 is 25.2 Å². The number of aliphatic hydroxyl groups excluding tert-OH is 2. The summed E-state index contributed by atoms with van der Waals surface area (Å²) in [6.45, 7) is -0.263. The van der Waals surface area contributed by atoms with E-state index >= 15 is 0 Å². The van der Waals surface area contributed by atoms with E-state index in [1.807, 2.05) is 24.3 Å². The van der Waals surface area contributed by atoms with Gasteiger partial charge in [0.2, 0.25) is 5.82 Å². The number of hydrogen-bond donors (Lipinski definition) is 4. The molecular weight excluding hydrogens is 372 g/mol. The summed E-state index contributed by atoms with van der Waals surface area (Å²) in [6, 6.07) is 12.0. The lowest BCUT2D eigenvalue weighted by Gasteiger charge is -2.20. The molecule has 0 saturated carbocycles. The van der Waals surface area contributed by atoms with Crippen molar-refractivity contribution < 1.29 is 19.8 Å². The average Bonchev–Trinajstić information content (AvgIpc) is 3.40. The van der Waals surface area contributed by atoms with Crippen LogP contribution in [0.25, 0.3) is 22.8 Å². The highest BCUT2D eigenvalue weighted by atomic mass is 16.5. The molecule has 1 atom stereocenters. The van der Waals surface area contributed by atoms with Crippen LogP contribution < -0.4 is 5.32 Å². The van der Waals surface area contributed by atoms with E-state index in [4.69, 9.17) is 9.78 Å². The van der Waals surface area contributed by atoms with Gasteiger partial charge in [0.25, 0.3) is 5.89 Å². The lowest BCUT2D eigenvalue weighted by atomic mass is 10.0. The molecule has 0 radical (unpaired) electrons. The number of aromatic hydroxyl groups is 1. The van der Waals surface area contributed by atoms with Crippen LogP contribution in [0.1, 0.15) is 29.2 Å². The zero-order chi connectivity index (χ0) is 20.4. The molecule has 1 heterocycles. The number of aromatic nitrogens is 2. The first-order chi connectivity index (χ1) is 14.1. The fourth-order valence-electron chi connectivity index (χ4n) is 3.69. The fourth-order valence-corrected chi connectivity index (χ4v) is 3.69. The van der Waals surface area contributed by atoms with E-state index in [1.165, 1.54) is 12.1 Å². The Balaban J connectivity index is 1.65. The Morgan fingerprint density at radius 3 is 2.83 bits per heavy atom. The van der Waals surface area contributed by atoms with Gasteiger partial charge >= 0.3 is 0 Å². The predicted molar refractivity (Wildman–Crippen MR) is 104 cm³/mol. The highest BCUT2D eigenvalue weighted by Gasteiger charge is 2.28. The second kappa shape index (κ2) is 8.01. The van der Waals surface area contributed by atoms with Crippen molar-refractivity contribution in [2.75, 3.05) is 13.2 Å². The highest BCUT2D eigenvalue weighted by Crippen LogP contribution is 2.37. The Morgan fingerprint density at radius 1 is 1.24 bits per heavy atom. The SMILES string of the molecule is N#Cc1cc(-c2nc(-c3cccc4c3CCC4NC(CO)CO)no2)ccc1O. The molecule has 1 aliphatic rings. The highest BCUT2D eigenvalue weighted by molar-refractivity contribution is 5.67. The summed E-state index contributed by atoms with van der Waals surface area (Å²) in [5.41, 5.74) is 3.76. The van der Waals surface area contributed by atoms with E-state index in [-0.39, 0.29) is 42.5 Å². The third kappa shape index (κ3) is 3.59. The summed E-state index contributed by atoms with van der Waals surface area (Å²) in [7, 11) is 0. The maximum atomic E-state index is 9.67. The Hall–Kier alpha value is -3.25. The molecule has 0 bridgehead atoms. The van der Waals surface area contributed by atoms with E-state index in [0.717, 1.165) is 29.5 Å². The molecule has 2 aromatic carbocycles. The van der Waals surface area contributed by atoms with Crippen molar-refractivity contribution in [1.29, 1.82) is 5.26 Å². The minimum absolute atomic E-state index is 0.0379. The largest absolute Gasteiger partial charge is 0.507 e. The number of hydrogen-bond acceptors (Lipinski definition) is 8. The molecule has 8 nitrogen and oxygen atoms in total. The summed E-state index contributed by atoms with van der Waals surface area (Å²) in [6.07, 6.45) is 1.66. The van der Waals surface area contributed by atoms with Crippen molar-refractivity contribution in [3.63, 3.8) is 0 Å². The Bertz CT molecular complexity index is 1070. The minimum atomic E-state index is -0.366. The number of fused-ring (bicyclic) bond motifs is 1. The van der Waals surface area contributed by atoms with Gasteiger partial charge in [-0.2, -0.15) is 10.2 Å². The average molecular weight is 392 g/mol. The predicted octanol–water partition coefficient (Wildman–Crippen LogP) is 1.91. The van der Waals surface area contributed by atoms with Crippen molar-refractivity contribution in [2.24, 2.45) is 0 Å². The van der Waals surface area contributed by atoms with Crippen LogP contribution in [0.5, 0.6) is 5.75 Å². The molecule has 8 heteroatoms. The van der Waals surface area contributed by atoms with Gasteiger partial charge in [0.05, 0.1) is 24.8 Å². The van der Waals surface area contributed by atoms with Crippen LogP contribution in [0, 0.1) is 11.3 Å². The van der Waals surface area contributed by atoms with Crippen molar-refractivity contribution in [3.8, 4) is 34.7 Å². The summed E-state index contributed by atoms with van der Waals surface area (Å²) in [5.74, 6) is 0.617. The van der Waals surface area contributed by atoms with Crippen LogP contribution in [0.15, 0.2) is 40.9 Å². The Kier molecular flexibility index (Phi) is 5.27. The van der Waals surface area contributed by atoms with Crippen molar-refractivity contribution in [1.82, 2.24) is 15.5 Å². The van der Waals surface area contributed by atoms with E-state index < -0.39 is 0 Å². The summed E-state index contributed by atoms with van der Waals surface area (Å²) < 4.78 is 5.40. The molecule has 1 unspecified atom stereocenters. The van der Waals surface area contributed by atoms with Gasteiger partial charge in [0.1, 0.15) is 11.8 Å². The molecule has 1 aliphatic carbocycles. The van der Waals surface area contributed by atoms with Crippen LogP contribution in [0.2, 0.25) is 0 Å². The topological polar surface area (TPSA) is 135 Å². The zero-order valence-corrected chi connectivity index (χ0v) is 15.5. The third-order valence-corrected chi connectivity index (χ3v) is 5.18. The van der Waals surface area contributed by atoms with Crippen LogP contribution in [0.4, 0.5) is 0 Å². The molecular formula is C21H20N4O4. The van der Waals surface area contributed by atoms with Crippen molar-refractivity contribution >= 4 is 0 Å². The molecule has 4 N–H and O–H groups in total. The lowest BCUT2D eigenvalue weighted by Crippen LogP contribution is -2.37. The standard InChI is InChI=1S/C21H20N4O4/c22-9-13-8-12(4-7-19(13)28)21-24-20(25-29-21)17-3-1-2-16-15(17)5-6-18(16)23-14(10-26)11-27/h1-4,7-8,14,18,23,26-28H,5-6,10-11H2. The number of phenols is 1. The maximum Gasteiger partial charge on any atom is 0.258 e. The first kappa shape index (κ1) is 19.1. The van der Waals surface area contributed by atoms with Crippen molar-refractivity contribution in [3.05, 3.63) is 53.1 Å². The summed E-state index contributed by atoms with van der Waals surface area (Å²) in [5, 5.41) is 44.8. The van der Waals surface area contributed by atoms with E-state index in [0.29, 0.717) is 11.4 Å². The molecule has 0 fully saturated rings. The van der Waals surface area contributed by atoms with Gasteiger partial charge in [-0.1, -0.05) is 23.4 Å². The van der Waals surface area contributed by atoms with Crippen LogP contribution in [0.3, 0.4) is 0 Å². The van der Waals surface area contributed by atoms with Gasteiger partial charge in [-0.25, -0.2) is 0 Å². The van der Waals surface area contributed by atoms with Gasteiger partial charge in [-0.05, 0) is 42.2 Å². The molecule has 0 saturated heterocycles. The first-order valence-corrected chi connectivity index (χ1v) is 9.31. The number of aliphatic hydroxyl groups is 2. The van der Waals surface area contributed by atoms with Gasteiger partial charge in [-0.15, -0.1) is 0 Å². The lowest BCUT2D eigenvalue weighted by molar-refractivity contribution is 0.162. The molecule has 0 aliphatic heterocycles. The van der Waals surface area contributed by atoms with E-state index in [2.05, 4.69) is 15.5 Å². The quantitative estimate of drug-likeness (QED) is 0.500. The minimum Gasteiger partial charge on any atom is -0.507 e. The first-order valence-electron chi connectivity index (χ1n) is 9.31. The number of benzene rings is 2. The number of nitriles is 1. The smallest absolute Gasteiger partial charge is 0.258 e. The maximum absolute atomic E-state index is 9.67. The molecule has 29 heavy (non-hydrogen) atoms. The molecule has 0 spiro atoms. The van der Waals surface area contributed by atoms with Crippen molar-refractivity contribution in [2.45, 2.75) is 24.9 Å². The zero-order valence-electron chi connectivity index (χ0n) is 15.5. The van der Waals surface area contributed by atoms with Gasteiger partial charge in [0, 0.05) is 17.2 Å². The fraction of sp³-hybridized carbons (Fsp3) is 0.286. The molecule has 1 aromatic heterocycles. The second-order valence-electron chi connectivity index (χ2n) is 6.96. The number of phenolic OH excluding ortho intramolecular Hbond substituents is 1. The monoisotopic (exact) mass is 392 g/mol. The number of rotatable bonds is 6. The number of nitrogens with one attached hydrogen (secondary N) is 1. The van der Waals surface area contributed by atoms with E-state index in [1.54, 1.807) is 6.07 Å². The normalized spacial score (nSPS) is 15.4. The van der Waals surface area contributed by atoms with Gasteiger partial charge in [-0.3, -0.25) is 0 Å². The second-order valence-corrected chi connectivity index (χ2v) is 6.96. The van der Waals surface area contributed by atoms with Crippen LogP contribution in [-0.4, -0.2) is 44.7 Å². The summed E-state index contributed by atoms with van der Waals surface area (Å²) >= 11 is 0. The summed E-state index contributed by atoms with van der Waals surface area (Å²) in [4.78, 5) is 4.48. The van der Waals surface area contributed by atoms with Crippen LogP contribution in [-0.2, 0) is 6.42 Å². The molecule has 4 rings (SSSR count). The molecule has 3 aromatic rings. The van der Waals surface area contributed by atoms with Crippen LogP contribution >= 0.6 is 0 Å². The number of nitrogens with zero attached hydrogens (tertiary/aromatic N) is 3. The third-order valence-electron chi connectivity index (χ3n) is 5.18.